The molecule has 1 heterocycles. The smallest absolute Gasteiger partial charge is 0.305 e. The van der Waals surface area contributed by atoms with Crippen molar-refractivity contribution in [3.05, 3.63) is 65.2 Å². The van der Waals surface area contributed by atoms with Crippen LogP contribution in [0.5, 0.6) is 11.5 Å². The molecule has 1 atom stereocenters. The van der Waals surface area contributed by atoms with Gasteiger partial charge >= 0.3 is 5.97 Å². The average molecular weight is 468 g/mol. The number of nitrogens with one attached hydrogen (secondary N) is 1. The predicted octanol–water partition coefficient (Wildman–Crippen LogP) is 3.00. The van der Waals surface area contributed by atoms with Crippen LogP contribution in [-0.4, -0.2) is 53.6 Å². The lowest BCUT2D eigenvalue weighted by atomic mass is 10.1. The molecule has 0 aromatic heterocycles. The summed E-state index contributed by atoms with van der Waals surface area (Å²) in [6, 6.07) is 12.2. The van der Waals surface area contributed by atoms with Crippen molar-refractivity contribution in [2.45, 2.75) is 11.7 Å². The summed E-state index contributed by atoms with van der Waals surface area (Å²) in [5, 5.41) is 18.7. The summed E-state index contributed by atoms with van der Waals surface area (Å²) < 4.78 is 10.4. The fraction of sp³-hybridized carbons (Fsp3) is 0.174. The molecule has 1 aliphatic heterocycles. The van der Waals surface area contributed by atoms with Crippen LogP contribution >= 0.6 is 11.8 Å². The zero-order valence-electron chi connectivity index (χ0n) is 17.8. The van der Waals surface area contributed by atoms with Crippen molar-refractivity contribution in [3.8, 4) is 11.5 Å². The van der Waals surface area contributed by atoms with E-state index in [1.165, 1.54) is 26.5 Å². The summed E-state index contributed by atoms with van der Waals surface area (Å²) in [6.07, 6.45) is 4.41. The Hall–Kier alpha value is -3.92. The normalized spacial score (nSPS) is 17.0. The van der Waals surface area contributed by atoms with Crippen molar-refractivity contribution in [2.24, 2.45) is 10.2 Å². The van der Waals surface area contributed by atoms with E-state index in [4.69, 9.17) is 14.6 Å². The van der Waals surface area contributed by atoms with Crippen molar-refractivity contribution in [2.75, 3.05) is 14.2 Å². The zero-order chi connectivity index (χ0) is 23.8. The molecule has 9 nitrogen and oxygen atoms in total. The van der Waals surface area contributed by atoms with Crippen LogP contribution in [0.3, 0.4) is 0 Å². The maximum absolute atomic E-state index is 12.4. The first kappa shape index (κ1) is 23.7. The van der Waals surface area contributed by atoms with E-state index in [1.54, 1.807) is 36.4 Å². The number of allylic oxidation sites excluding steroid dienone is 1. The van der Waals surface area contributed by atoms with Gasteiger partial charge in [-0.05, 0) is 35.4 Å². The molecule has 10 heteroatoms. The summed E-state index contributed by atoms with van der Waals surface area (Å²) in [5.74, 6) is -0.580. The number of thioether (sulfide) groups is 1. The Morgan fingerprint density at radius 2 is 1.79 bits per heavy atom. The van der Waals surface area contributed by atoms with Crippen LogP contribution in [0.4, 0.5) is 0 Å². The summed E-state index contributed by atoms with van der Waals surface area (Å²) in [7, 11) is 3.04. The van der Waals surface area contributed by atoms with Crippen molar-refractivity contribution < 1.29 is 29.0 Å². The molecule has 2 N–H and O–H groups in total. The number of amidine groups is 1. The number of hydrogen-bond acceptors (Lipinski definition) is 8. The number of hydrogen-bond donors (Lipinski definition) is 2. The number of carbonyl (C=O) groups is 3. The molecule has 0 saturated carbocycles. The third kappa shape index (κ3) is 6.53. The number of aliphatic carboxylic acids is 1. The highest BCUT2D eigenvalue weighted by Crippen LogP contribution is 2.28. The molecule has 0 spiro atoms. The summed E-state index contributed by atoms with van der Waals surface area (Å²) >= 11 is 1.04. The number of carbonyl (C=O) groups excluding carboxylic acids is 2. The van der Waals surface area contributed by atoms with E-state index in [0.29, 0.717) is 17.1 Å². The Morgan fingerprint density at radius 1 is 1.09 bits per heavy atom. The number of rotatable bonds is 9. The Kier molecular flexibility index (Phi) is 7.98. The lowest BCUT2D eigenvalue weighted by Gasteiger charge is -2.08. The minimum atomic E-state index is -1.05. The maximum Gasteiger partial charge on any atom is 0.305 e. The number of ether oxygens (including phenoxy) is 2. The van der Waals surface area contributed by atoms with E-state index >= 15 is 0 Å². The Morgan fingerprint density at radius 3 is 2.45 bits per heavy atom. The van der Waals surface area contributed by atoms with Gasteiger partial charge in [0.05, 0.1) is 26.9 Å². The molecule has 0 aliphatic carbocycles. The van der Waals surface area contributed by atoms with Gasteiger partial charge in [0.2, 0.25) is 5.91 Å². The van der Waals surface area contributed by atoms with Gasteiger partial charge in [0.25, 0.3) is 0 Å². The Labute approximate surface area is 194 Å². The van der Waals surface area contributed by atoms with Gasteiger partial charge in [-0.1, -0.05) is 42.1 Å². The second-order valence-corrected chi connectivity index (χ2v) is 7.97. The number of methoxy groups -OCH3 is 2. The second-order valence-electron chi connectivity index (χ2n) is 6.78. The molecule has 2 aromatic rings. The molecule has 1 amide bonds. The first-order valence-electron chi connectivity index (χ1n) is 9.74. The first-order chi connectivity index (χ1) is 15.9. The molecule has 3 rings (SSSR count). The van der Waals surface area contributed by atoms with Gasteiger partial charge in [-0.15, -0.1) is 5.10 Å². The Bertz CT molecular complexity index is 1140. The largest absolute Gasteiger partial charge is 0.493 e. The molecular formula is C23H21N3O6S. The minimum Gasteiger partial charge on any atom is -0.493 e. The van der Waals surface area contributed by atoms with Crippen molar-refractivity contribution in [1.82, 2.24) is 5.32 Å². The van der Waals surface area contributed by atoms with Gasteiger partial charge in [0.1, 0.15) is 5.25 Å². The van der Waals surface area contributed by atoms with Crippen molar-refractivity contribution in [3.63, 3.8) is 0 Å². The predicted molar refractivity (Wildman–Crippen MR) is 126 cm³/mol. The summed E-state index contributed by atoms with van der Waals surface area (Å²) in [5.41, 5.74) is 2.07. The van der Waals surface area contributed by atoms with Crippen LogP contribution < -0.4 is 14.8 Å². The van der Waals surface area contributed by atoms with Crippen LogP contribution in [-0.2, 0) is 9.59 Å². The monoisotopic (exact) mass is 467 g/mol. The molecule has 33 heavy (non-hydrogen) atoms. The van der Waals surface area contributed by atoms with Crippen LogP contribution in [0.1, 0.15) is 27.9 Å². The molecule has 1 unspecified atom stereocenters. The van der Waals surface area contributed by atoms with Gasteiger partial charge in [-0.25, -0.2) is 0 Å². The lowest BCUT2D eigenvalue weighted by Crippen LogP contribution is -2.26. The minimum absolute atomic E-state index is 0.172. The standard InChI is InChI=1S/C23H21N3O6S/c1-31-18-10-8-16(11-19(18)32-2)17(27)9-7-14-3-5-15(6-4-14)13-24-26-23-25-22(30)20(33-23)12-21(28)29/h3-11,13,20H,12H2,1-2H3,(H,28,29)(H,25,26,30). The fourth-order valence-corrected chi connectivity index (χ4v) is 3.76. The Balaban J connectivity index is 1.59. The van der Waals surface area contributed by atoms with E-state index in [0.717, 1.165) is 22.9 Å². The third-order valence-electron chi connectivity index (χ3n) is 4.52. The van der Waals surface area contributed by atoms with Gasteiger partial charge < -0.3 is 19.9 Å². The van der Waals surface area contributed by atoms with Crippen molar-refractivity contribution in [1.29, 1.82) is 0 Å². The van der Waals surface area contributed by atoms with E-state index in [-0.39, 0.29) is 17.4 Å². The lowest BCUT2D eigenvalue weighted by molar-refractivity contribution is -0.138. The maximum atomic E-state index is 12.4. The number of benzene rings is 2. The highest BCUT2D eigenvalue weighted by molar-refractivity contribution is 8.15. The second kappa shape index (κ2) is 11.1. The van der Waals surface area contributed by atoms with E-state index in [9.17, 15) is 14.4 Å². The fourth-order valence-electron chi connectivity index (χ4n) is 2.84. The quantitative estimate of drug-likeness (QED) is 0.251. The molecule has 170 valence electrons. The van der Waals surface area contributed by atoms with Gasteiger partial charge in [0, 0.05) is 5.56 Å². The number of nitrogens with zero attached hydrogens (tertiary/aromatic N) is 2. The molecule has 0 bridgehead atoms. The van der Waals surface area contributed by atoms with Crippen LogP contribution in [0, 0.1) is 0 Å². The highest BCUT2D eigenvalue weighted by atomic mass is 32.2. The number of carboxylic acid groups (broad SMARTS) is 1. The van der Waals surface area contributed by atoms with Crippen LogP contribution in [0.15, 0.2) is 58.7 Å². The third-order valence-corrected chi connectivity index (χ3v) is 5.60. The molecule has 0 radical (unpaired) electrons. The van der Waals surface area contributed by atoms with E-state index in [2.05, 4.69) is 15.5 Å². The molecule has 2 aromatic carbocycles. The van der Waals surface area contributed by atoms with Gasteiger partial charge in [-0.2, -0.15) is 5.10 Å². The van der Waals surface area contributed by atoms with Crippen molar-refractivity contribution >= 4 is 46.9 Å². The number of amides is 1. The SMILES string of the molecule is COc1ccc(C(=O)C=Cc2ccc(C=NN=C3NC(=O)C(CC(=O)O)S3)cc2)cc1OC. The molecule has 1 aliphatic rings. The van der Waals surface area contributed by atoms with E-state index in [1.807, 2.05) is 12.1 Å². The molecule has 1 saturated heterocycles. The van der Waals surface area contributed by atoms with E-state index < -0.39 is 17.1 Å². The zero-order valence-corrected chi connectivity index (χ0v) is 18.7. The summed E-state index contributed by atoms with van der Waals surface area (Å²) in [6.45, 7) is 0. The summed E-state index contributed by atoms with van der Waals surface area (Å²) in [4.78, 5) is 34.9. The van der Waals surface area contributed by atoms with Crippen LogP contribution in [0.25, 0.3) is 6.08 Å². The topological polar surface area (TPSA) is 127 Å². The average Bonchev–Trinajstić information content (AvgIpc) is 3.15. The van der Waals surface area contributed by atoms with Gasteiger partial charge in [-0.3, -0.25) is 14.4 Å². The molecular weight excluding hydrogens is 446 g/mol. The first-order valence-corrected chi connectivity index (χ1v) is 10.6. The van der Waals surface area contributed by atoms with Gasteiger partial charge in [0.15, 0.2) is 22.4 Å². The number of carboxylic acids is 1. The van der Waals surface area contributed by atoms with Crippen LogP contribution in [0.2, 0.25) is 0 Å². The molecule has 1 fully saturated rings. The highest BCUT2D eigenvalue weighted by Gasteiger charge is 2.32. The number of ketones is 1.